The molecule has 0 aromatic heterocycles. The van der Waals surface area contributed by atoms with Crippen LogP contribution in [0.25, 0.3) is 0 Å². The second-order valence-electron chi connectivity index (χ2n) is 5.88. The van der Waals surface area contributed by atoms with E-state index >= 15 is 0 Å². The summed E-state index contributed by atoms with van der Waals surface area (Å²) >= 11 is 7.90. The first-order valence-corrected chi connectivity index (χ1v) is 9.04. The van der Waals surface area contributed by atoms with E-state index < -0.39 is 0 Å². The molecule has 114 valence electrons. The van der Waals surface area contributed by atoms with Crippen molar-refractivity contribution >= 4 is 29.3 Å². The number of halogens is 1. The fourth-order valence-corrected chi connectivity index (χ4v) is 4.17. The minimum Gasteiger partial charge on any atom is -0.334 e. The summed E-state index contributed by atoms with van der Waals surface area (Å²) in [5.41, 5.74) is 1.19. The maximum Gasteiger partial charge on any atom is 0.226 e. The first kappa shape index (κ1) is 15.2. The van der Waals surface area contributed by atoms with Crippen molar-refractivity contribution in [3.63, 3.8) is 0 Å². The summed E-state index contributed by atoms with van der Waals surface area (Å²) in [6.45, 7) is 4.87. The van der Waals surface area contributed by atoms with Crippen molar-refractivity contribution < 1.29 is 4.79 Å². The summed E-state index contributed by atoms with van der Waals surface area (Å²) < 4.78 is 0. The summed E-state index contributed by atoms with van der Waals surface area (Å²) in [6.07, 6.45) is 0. The van der Waals surface area contributed by atoms with Gasteiger partial charge < -0.3 is 10.2 Å². The van der Waals surface area contributed by atoms with Crippen molar-refractivity contribution in [3.8, 4) is 0 Å². The second kappa shape index (κ2) is 6.59. The smallest absolute Gasteiger partial charge is 0.226 e. The Morgan fingerprint density at radius 1 is 1.38 bits per heavy atom. The third-order valence-corrected chi connectivity index (χ3v) is 5.85. The van der Waals surface area contributed by atoms with Gasteiger partial charge in [0.25, 0.3) is 0 Å². The van der Waals surface area contributed by atoms with Crippen molar-refractivity contribution in [1.29, 1.82) is 0 Å². The molecule has 2 heterocycles. The largest absolute Gasteiger partial charge is 0.334 e. The maximum absolute atomic E-state index is 12.8. The van der Waals surface area contributed by atoms with Gasteiger partial charge >= 0.3 is 0 Å². The lowest BCUT2D eigenvalue weighted by Crippen LogP contribution is -2.52. The molecule has 3 rings (SSSR count). The van der Waals surface area contributed by atoms with Crippen LogP contribution >= 0.6 is 23.4 Å². The number of carbonyl (C=O) groups is 1. The average molecular weight is 325 g/mol. The van der Waals surface area contributed by atoms with E-state index in [1.54, 1.807) is 0 Å². The molecule has 21 heavy (non-hydrogen) atoms. The van der Waals surface area contributed by atoms with Gasteiger partial charge in [0.05, 0.1) is 6.04 Å². The van der Waals surface area contributed by atoms with Crippen molar-refractivity contribution in [2.24, 2.45) is 11.8 Å². The van der Waals surface area contributed by atoms with Gasteiger partial charge in [-0.15, -0.1) is 0 Å². The zero-order valence-electron chi connectivity index (χ0n) is 12.2. The first-order chi connectivity index (χ1) is 10.2. The molecule has 2 aliphatic heterocycles. The predicted molar refractivity (Wildman–Crippen MR) is 88.8 cm³/mol. The molecule has 5 heteroatoms. The Bertz CT molecular complexity index is 504. The van der Waals surface area contributed by atoms with Gasteiger partial charge in [-0.3, -0.25) is 4.79 Å². The van der Waals surface area contributed by atoms with Gasteiger partial charge in [0.2, 0.25) is 5.91 Å². The third kappa shape index (κ3) is 3.22. The number of benzene rings is 1. The van der Waals surface area contributed by atoms with Gasteiger partial charge in [0, 0.05) is 29.0 Å². The van der Waals surface area contributed by atoms with Gasteiger partial charge in [-0.2, -0.15) is 11.8 Å². The predicted octanol–water partition coefficient (Wildman–Crippen LogP) is 2.81. The van der Waals surface area contributed by atoms with Crippen LogP contribution in [0.1, 0.15) is 18.5 Å². The number of nitrogens with one attached hydrogen (secondary N) is 1. The number of nitrogens with zero attached hydrogens (tertiary/aromatic N) is 1. The maximum atomic E-state index is 12.8. The van der Waals surface area contributed by atoms with Crippen LogP contribution in [0.15, 0.2) is 24.3 Å². The Labute approximate surface area is 135 Å². The Hall–Kier alpha value is -0.710. The highest BCUT2D eigenvalue weighted by Gasteiger charge is 2.35. The lowest BCUT2D eigenvalue weighted by molar-refractivity contribution is -0.139. The minimum atomic E-state index is 0.115. The third-order valence-electron chi connectivity index (χ3n) is 4.58. The molecule has 0 spiro atoms. The standard InChI is InChI=1S/C16H21ClN2OS/c1-11(13-8-18-9-13)16(20)19-6-7-21-10-15(19)12-2-4-14(17)5-3-12/h2-5,11,13,15,18H,6-10H2,1H3. The summed E-state index contributed by atoms with van der Waals surface area (Å²) in [7, 11) is 0. The topological polar surface area (TPSA) is 32.3 Å². The van der Waals surface area contributed by atoms with Crippen LogP contribution in [0.5, 0.6) is 0 Å². The summed E-state index contributed by atoms with van der Waals surface area (Å²) in [5, 5.41) is 4.00. The lowest BCUT2D eigenvalue weighted by Gasteiger charge is -2.40. The molecule has 0 saturated carbocycles. The molecule has 3 nitrogen and oxygen atoms in total. The van der Waals surface area contributed by atoms with Gasteiger partial charge in [0.1, 0.15) is 0 Å². The number of hydrogen-bond donors (Lipinski definition) is 1. The highest BCUT2D eigenvalue weighted by atomic mass is 35.5. The van der Waals surface area contributed by atoms with Gasteiger partial charge in [0.15, 0.2) is 0 Å². The van der Waals surface area contributed by atoms with Crippen LogP contribution in [-0.2, 0) is 4.79 Å². The second-order valence-corrected chi connectivity index (χ2v) is 7.47. The minimum absolute atomic E-state index is 0.115. The van der Waals surface area contributed by atoms with Crippen LogP contribution in [-0.4, -0.2) is 41.9 Å². The summed E-state index contributed by atoms with van der Waals surface area (Å²) in [5.74, 6) is 2.93. The highest BCUT2D eigenvalue weighted by Crippen LogP contribution is 2.32. The normalized spacial score (nSPS) is 24.5. The van der Waals surface area contributed by atoms with Crippen LogP contribution in [0.3, 0.4) is 0 Å². The Balaban J connectivity index is 1.77. The monoisotopic (exact) mass is 324 g/mol. The molecule has 2 saturated heterocycles. The van der Waals surface area contributed by atoms with Crippen molar-refractivity contribution in [2.45, 2.75) is 13.0 Å². The molecule has 2 atom stereocenters. The average Bonchev–Trinajstić information content (AvgIpc) is 2.45. The fraction of sp³-hybridized carbons (Fsp3) is 0.562. The van der Waals surface area contributed by atoms with Gasteiger partial charge in [-0.1, -0.05) is 30.7 Å². The lowest BCUT2D eigenvalue weighted by atomic mass is 9.87. The number of thioether (sulfide) groups is 1. The van der Waals surface area contributed by atoms with Crippen molar-refractivity contribution in [3.05, 3.63) is 34.9 Å². The van der Waals surface area contributed by atoms with E-state index in [0.29, 0.717) is 11.8 Å². The van der Waals surface area contributed by atoms with E-state index in [1.165, 1.54) is 5.56 Å². The van der Waals surface area contributed by atoms with Crippen LogP contribution < -0.4 is 5.32 Å². The molecule has 2 fully saturated rings. The van der Waals surface area contributed by atoms with E-state index in [4.69, 9.17) is 11.6 Å². The molecule has 1 N–H and O–H groups in total. The Morgan fingerprint density at radius 2 is 2.10 bits per heavy atom. The van der Waals surface area contributed by atoms with Crippen LogP contribution in [0.4, 0.5) is 0 Å². The number of rotatable bonds is 3. The van der Waals surface area contributed by atoms with E-state index in [1.807, 2.05) is 23.9 Å². The molecule has 1 aromatic carbocycles. The Kier molecular flexibility index (Phi) is 4.77. The molecule has 1 amide bonds. The molecular formula is C16H21ClN2OS. The number of hydrogen-bond acceptors (Lipinski definition) is 3. The summed E-state index contributed by atoms with van der Waals surface area (Å²) in [4.78, 5) is 14.9. The zero-order valence-corrected chi connectivity index (χ0v) is 13.8. The van der Waals surface area contributed by atoms with E-state index in [0.717, 1.165) is 36.2 Å². The van der Waals surface area contributed by atoms with Crippen molar-refractivity contribution in [1.82, 2.24) is 10.2 Å². The Morgan fingerprint density at radius 3 is 2.71 bits per heavy atom. The molecule has 1 aromatic rings. The van der Waals surface area contributed by atoms with E-state index in [2.05, 4.69) is 29.3 Å². The van der Waals surface area contributed by atoms with E-state index in [-0.39, 0.29) is 12.0 Å². The molecule has 0 aliphatic carbocycles. The van der Waals surface area contributed by atoms with Crippen molar-refractivity contribution in [2.75, 3.05) is 31.1 Å². The number of amides is 1. The molecule has 2 aliphatic rings. The van der Waals surface area contributed by atoms with Crippen LogP contribution in [0, 0.1) is 11.8 Å². The fourth-order valence-electron chi connectivity index (χ4n) is 2.96. The SMILES string of the molecule is CC(C(=O)N1CCSCC1c1ccc(Cl)cc1)C1CNC1. The quantitative estimate of drug-likeness (QED) is 0.928. The number of carbonyl (C=O) groups excluding carboxylic acids is 1. The van der Waals surface area contributed by atoms with Gasteiger partial charge in [-0.25, -0.2) is 0 Å². The molecule has 0 bridgehead atoms. The first-order valence-electron chi connectivity index (χ1n) is 7.51. The highest BCUT2D eigenvalue weighted by molar-refractivity contribution is 7.99. The zero-order chi connectivity index (χ0) is 14.8. The molecule has 0 radical (unpaired) electrons. The molecular weight excluding hydrogens is 304 g/mol. The summed E-state index contributed by atoms with van der Waals surface area (Å²) in [6, 6.07) is 8.11. The van der Waals surface area contributed by atoms with E-state index in [9.17, 15) is 4.79 Å². The van der Waals surface area contributed by atoms with Crippen LogP contribution in [0.2, 0.25) is 5.02 Å². The van der Waals surface area contributed by atoms with Gasteiger partial charge in [-0.05, 0) is 36.7 Å². The molecule has 2 unspecified atom stereocenters.